The van der Waals surface area contributed by atoms with Crippen LogP contribution in [-0.4, -0.2) is 57.0 Å². The number of nitrogens with zero attached hydrogens (tertiary/aromatic N) is 1. The van der Waals surface area contributed by atoms with Crippen LogP contribution in [0.15, 0.2) is 0 Å². The van der Waals surface area contributed by atoms with Crippen LogP contribution in [0, 0.1) is 0 Å². The van der Waals surface area contributed by atoms with Crippen LogP contribution in [0.3, 0.4) is 0 Å². The fourth-order valence-corrected chi connectivity index (χ4v) is 7.03. The fourth-order valence-electron chi connectivity index (χ4n) is 2.41. The molecule has 0 aromatic rings. The number of hydrogen-bond donors (Lipinski definition) is 1. The van der Waals surface area contributed by atoms with Gasteiger partial charge in [0, 0.05) is 19.1 Å². The molecule has 0 radical (unpaired) electrons. The minimum absolute atomic E-state index is 0.0171. The largest absolute Gasteiger partial charge is 0.327 e. The summed E-state index contributed by atoms with van der Waals surface area (Å²) in [5.74, 6) is -0.252. The summed E-state index contributed by atoms with van der Waals surface area (Å²) < 4.78 is 48.5. The molecule has 17 heavy (non-hydrogen) atoms. The zero-order valence-electron chi connectivity index (χ0n) is 9.58. The van der Waals surface area contributed by atoms with Crippen molar-refractivity contribution in [2.75, 3.05) is 24.6 Å². The minimum atomic E-state index is -3.49. The summed E-state index contributed by atoms with van der Waals surface area (Å²) in [6, 6.07) is -0.128. The van der Waals surface area contributed by atoms with Gasteiger partial charge in [0.2, 0.25) is 10.0 Å². The number of sulfone groups is 1. The predicted molar refractivity (Wildman–Crippen MR) is 64.8 cm³/mol. The molecule has 2 saturated heterocycles. The Bertz CT molecular complexity index is 485. The van der Waals surface area contributed by atoms with Gasteiger partial charge in [0.15, 0.2) is 9.84 Å². The maximum Gasteiger partial charge on any atom is 0.218 e. The Balaban J connectivity index is 2.14. The van der Waals surface area contributed by atoms with E-state index >= 15 is 0 Å². The fraction of sp³-hybridized carbons (Fsp3) is 1.00. The van der Waals surface area contributed by atoms with Gasteiger partial charge in [-0.3, -0.25) is 0 Å². The molecule has 0 saturated carbocycles. The van der Waals surface area contributed by atoms with Crippen LogP contribution in [0.1, 0.15) is 19.3 Å². The van der Waals surface area contributed by atoms with Crippen LogP contribution in [0.2, 0.25) is 0 Å². The maximum absolute atomic E-state index is 12.2. The summed E-state index contributed by atoms with van der Waals surface area (Å²) in [4.78, 5) is 0. The summed E-state index contributed by atoms with van der Waals surface area (Å²) in [5, 5.41) is -0.766. The second kappa shape index (κ2) is 4.49. The highest BCUT2D eigenvalue weighted by Gasteiger charge is 2.41. The minimum Gasteiger partial charge on any atom is -0.327 e. The zero-order chi connectivity index (χ0) is 12.7. The monoisotopic (exact) mass is 282 g/mol. The van der Waals surface area contributed by atoms with E-state index in [0.717, 1.165) is 12.8 Å². The molecule has 2 rings (SSSR count). The summed E-state index contributed by atoms with van der Waals surface area (Å²) in [5.41, 5.74) is 5.75. The first-order chi connectivity index (χ1) is 7.81. The third-order valence-corrected chi connectivity index (χ3v) is 7.67. The molecule has 2 aliphatic rings. The molecule has 2 N–H and O–H groups in total. The third kappa shape index (κ3) is 2.81. The highest BCUT2D eigenvalue weighted by Crippen LogP contribution is 2.24. The normalized spacial score (nSPS) is 34.9. The van der Waals surface area contributed by atoms with Gasteiger partial charge in [0.25, 0.3) is 0 Å². The van der Waals surface area contributed by atoms with E-state index in [4.69, 9.17) is 5.73 Å². The van der Waals surface area contributed by atoms with Gasteiger partial charge < -0.3 is 5.73 Å². The van der Waals surface area contributed by atoms with E-state index in [9.17, 15) is 16.8 Å². The molecule has 2 unspecified atom stereocenters. The van der Waals surface area contributed by atoms with Crippen LogP contribution >= 0.6 is 0 Å². The summed E-state index contributed by atoms with van der Waals surface area (Å²) >= 11 is 0. The Labute approximate surface area is 102 Å². The Kier molecular flexibility index (Phi) is 3.50. The molecule has 0 aliphatic carbocycles. The standard InChI is InChI=1S/C9H18N2O4S2/c10-8-2-1-4-11(6-8)17(14,15)9-3-5-16(12,13)7-9/h8-9H,1-7,10H2. The number of sulfonamides is 1. The molecule has 0 aromatic heterocycles. The Morgan fingerprint density at radius 2 is 1.94 bits per heavy atom. The third-order valence-electron chi connectivity index (χ3n) is 3.39. The van der Waals surface area contributed by atoms with E-state index in [2.05, 4.69) is 0 Å². The molecule has 2 aliphatic heterocycles. The lowest BCUT2D eigenvalue weighted by Gasteiger charge is -2.31. The Morgan fingerprint density at radius 1 is 1.24 bits per heavy atom. The molecule has 100 valence electrons. The summed E-state index contributed by atoms with van der Waals surface area (Å²) in [6.45, 7) is 0.783. The molecular formula is C9H18N2O4S2. The van der Waals surface area contributed by atoms with E-state index < -0.39 is 25.1 Å². The molecule has 6 nitrogen and oxygen atoms in total. The molecule has 2 atom stereocenters. The Hall–Kier alpha value is -0.180. The molecule has 8 heteroatoms. The van der Waals surface area contributed by atoms with Crippen molar-refractivity contribution in [3.05, 3.63) is 0 Å². The first-order valence-electron chi connectivity index (χ1n) is 5.76. The maximum atomic E-state index is 12.2. The SMILES string of the molecule is NC1CCCN(S(=O)(=O)C2CCS(=O)(=O)C2)C1. The van der Waals surface area contributed by atoms with Gasteiger partial charge in [-0.1, -0.05) is 0 Å². The van der Waals surface area contributed by atoms with Gasteiger partial charge in [0.05, 0.1) is 16.8 Å². The predicted octanol–water partition coefficient (Wildman–Crippen LogP) is -1.07. The molecule has 0 aromatic carbocycles. The molecule has 2 fully saturated rings. The molecule has 2 heterocycles. The van der Waals surface area contributed by atoms with Gasteiger partial charge in [-0.25, -0.2) is 21.1 Å². The zero-order valence-corrected chi connectivity index (χ0v) is 11.2. The van der Waals surface area contributed by atoms with Crippen molar-refractivity contribution in [2.45, 2.75) is 30.6 Å². The number of hydrogen-bond acceptors (Lipinski definition) is 5. The molecular weight excluding hydrogens is 264 g/mol. The van der Waals surface area contributed by atoms with Crippen LogP contribution in [-0.2, 0) is 19.9 Å². The first-order valence-corrected chi connectivity index (χ1v) is 9.09. The second-order valence-corrected chi connectivity index (χ2v) is 9.27. The van der Waals surface area contributed by atoms with Crippen molar-refractivity contribution in [3.8, 4) is 0 Å². The average Bonchev–Trinajstić information content (AvgIpc) is 2.59. The molecule has 0 amide bonds. The number of rotatable bonds is 2. The van der Waals surface area contributed by atoms with E-state index in [1.165, 1.54) is 4.31 Å². The quantitative estimate of drug-likeness (QED) is 0.695. The van der Waals surface area contributed by atoms with Crippen molar-refractivity contribution >= 4 is 19.9 Å². The van der Waals surface area contributed by atoms with E-state index in [1.54, 1.807) is 0 Å². The lowest BCUT2D eigenvalue weighted by Crippen LogP contribution is -2.49. The second-order valence-electron chi connectivity index (χ2n) is 4.83. The van der Waals surface area contributed by atoms with E-state index in [-0.39, 0.29) is 24.0 Å². The van der Waals surface area contributed by atoms with Crippen LogP contribution in [0.5, 0.6) is 0 Å². The number of nitrogens with two attached hydrogens (primary N) is 1. The van der Waals surface area contributed by atoms with Crippen LogP contribution in [0.25, 0.3) is 0 Å². The van der Waals surface area contributed by atoms with Gasteiger partial charge in [-0.05, 0) is 19.3 Å². The van der Waals surface area contributed by atoms with Crippen molar-refractivity contribution in [1.82, 2.24) is 4.31 Å². The molecule has 0 spiro atoms. The van der Waals surface area contributed by atoms with Crippen molar-refractivity contribution < 1.29 is 16.8 Å². The molecule has 0 bridgehead atoms. The first kappa shape index (κ1) is 13.3. The lowest BCUT2D eigenvalue weighted by atomic mass is 10.1. The van der Waals surface area contributed by atoms with Crippen molar-refractivity contribution in [2.24, 2.45) is 5.73 Å². The van der Waals surface area contributed by atoms with Gasteiger partial charge in [0.1, 0.15) is 0 Å². The van der Waals surface area contributed by atoms with E-state index in [1.807, 2.05) is 0 Å². The van der Waals surface area contributed by atoms with Crippen LogP contribution in [0.4, 0.5) is 0 Å². The topological polar surface area (TPSA) is 97.5 Å². The van der Waals surface area contributed by atoms with Gasteiger partial charge in [-0.15, -0.1) is 0 Å². The van der Waals surface area contributed by atoms with E-state index in [0.29, 0.717) is 13.1 Å². The Morgan fingerprint density at radius 3 is 2.47 bits per heavy atom. The van der Waals surface area contributed by atoms with Gasteiger partial charge >= 0.3 is 0 Å². The average molecular weight is 282 g/mol. The van der Waals surface area contributed by atoms with Crippen molar-refractivity contribution in [3.63, 3.8) is 0 Å². The highest BCUT2D eigenvalue weighted by molar-refractivity contribution is 7.95. The smallest absolute Gasteiger partial charge is 0.218 e. The lowest BCUT2D eigenvalue weighted by molar-refractivity contribution is 0.313. The van der Waals surface area contributed by atoms with Crippen LogP contribution < -0.4 is 5.73 Å². The van der Waals surface area contributed by atoms with Crippen molar-refractivity contribution in [1.29, 1.82) is 0 Å². The summed E-state index contributed by atoms with van der Waals surface area (Å²) in [6.07, 6.45) is 1.80. The van der Waals surface area contributed by atoms with Gasteiger partial charge in [-0.2, -0.15) is 0 Å². The number of piperidine rings is 1. The summed E-state index contributed by atoms with van der Waals surface area (Å²) in [7, 11) is -6.66. The highest BCUT2D eigenvalue weighted by atomic mass is 32.2.